The molecule has 2 heterocycles. The van der Waals surface area contributed by atoms with Crippen molar-refractivity contribution in [3.63, 3.8) is 0 Å². The maximum absolute atomic E-state index is 5.87. The quantitative estimate of drug-likeness (QED) is 0.659. The molecule has 0 saturated heterocycles. The monoisotopic (exact) mass is 237 g/mol. The van der Waals surface area contributed by atoms with E-state index in [4.69, 9.17) is 5.73 Å². The summed E-state index contributed by atoms with van der Waals surface area (Å²) in [5.41, 5.74) is 5.87. The van der Waals surface area contributed by atoms with Crippen LogP contribution in [0.2, 0.25) is 0 Å². The van der Waals surface area contributed by atoms with Crippen LogP contribution >= 0.6 is 23.1 Å². The summed E-state index contributed by atoms with van der Waals surface area (Å²) >= 11 is 3.35. The first-order valence-corrected chi connectivity index (χ1v) is 6.83. The highest BCUT2D eigenvalue weighted by atomic mass is 32.2. The van der Waals surface area contributed by atoms with Gasteiger partial charge >= 0.3 is 0 Å². The van der Waals surface area contributed by atoms with Gasteiger partial charge in [0.15, 0.2) is 5.16 Å². The van der Waals surface area contributed by atoms with Crippen LogP contribution in [0.1, 0.15) is 12.8 Å². The van der Waals surface area contributed by atoms with Crippen molar-refractivity contribution in [2.45, 2.75) is 18.0 Å². The second-order valence-corrected chi connectivity index (χ2v) is 5.67. The summed E-state index contributed by atoms with van der Waals surface area (Å²) in [4.78, 5) is 9.80. The lowest BCUT2D eigenvalue weighted by Gasteiger charge is -2.00. The van der Waals surface area contributed by atoms with E-state index in [1.807, 2.05) is 11.4 Å². The largest absolute Gasteiger partial charge is 0.383 e. The summed E-state index contributed by atoms with van der Waals surface area (Å²) in [7, 11) is 0. The van der Waals surface area contributed by atoms with Gasteiger partial charge in [-0.15, -0.1) is 11.3 Å². The van der Waals surface area contributed by atoms with Gasteiger partial charge in [-0.25, -0.2) is 9.97 Å². The van der Waals surface area contributed by atoms with Gasteiger partial charge in [-0.3, -0.25) is 0 Å². The molecule has 3 nitrogen and oxygen atoms in total. The van der Waals surface area contributed by atoms with Gasteiger partial charge in [0.2, 0.25) is 0 Å². The van der Waals surface area contributed by atoms with Crippen molar-refractivity contribution in [1.82, 2.24) is 9.97 Å². The van der Waals surface area contributed by atoms with Gasteiger partial charge in [-0.05, 0) is 30.2 Å². The van der Waals surface area contributed by atoms with E-state index < -0.39 is 0 Å². The fourth-order valence-electron chi connectivity index (χ4n) is 1.40. The highest BCUT2D eigenvalue weighted by Crippen LogP contribution is 2.35. The molecule has 2 aromatic rings. The maximum atomic E-state index is 5.87. The first-order valence-electron chi connectivity index (χ1n) is 4.96. The Morgan fingerprint density at radius 3 is 3.13 bits per heavy atom. The first-order chi connectivity index (χ1) is 7.33. The normalized spacial score (nSPS) is 16.0. The molecule has 0 radical (unpaired) electrons. The second kappa shape index (κ2) is 3.64. The molecule has 1 aliphatic rings. The molecule has 0 spiro atoms. The van der Waals surface area contributed by atoms with E-state index in [-0.39, 0.29) is 0 Å². The Morgan fingerprint density at radius 1 is 1.47 bits per heavy atom. The molecule has 0 aliphatic heterocycles. The Hall–Kier alpha value is -0.810. The Kier molecular flexibility index (Phi) is 2.29. The molecule has 0 amide bonds. The molecule has 5 heteroatoms. The topological polar surface area (TPSA) is 51.8 Å². The molecular formula is C10H11N3S2. The van der Waals surface area contributed by atoms with Crippen molar-refractivity contribution >= 4 is 39.1 Å². The average molecular weight is 237 g/mol. The van der Waals surface area contributed by atoms with E-state index in [2.05, 4.69) is 9.97 Å². The summed E-state index contributed by atoms with van der Waals surface area (Å²) in [5, 5.41) is 3.82. The number of hydrogen-bond acceptors (Lipinski definition) is 5. The lowest BCUT2D eigenvalue weighted by atomic mass is 10.4. The molecule has 2 N–H and O–H groups in total. The maximum Gasteiger partial charge on any atom is 0.190 e. The summed E-state index contributed by atoms with van der Waals surface area (Å²) in [6.45, 7) is 0. The lowest BCUT2D eigenvalue weighted by molar-refractivity contribution is 0.971. The third-order valence-corrected chi connectivity index (χ3v) is 4.36. The number of hydrogen-bond donors (Lipinski definition) is 1. The molecule has 1 saturated carbocycles. The van der Waals surface area contributed by atoms with Crippen molar-refractivity contribution in [3.05, 3.63) is 11.4 Å². The number of nitrogens with zero attached hydrogens (tertiary/aromatic N) is 2. The van der Waals surface area contributed by atoms with E-state index in [1.54, 1.807) is 23.1 Å². The van der Waals surface area contributed by atoms with Crippen LogP contribution in [0.25, 0.3) is 10.2 Å². The highest BCUT2D eigenvalue weighted by Gasteiger charge is 2.21. The molecule has 0 unspecified atom stereocenters. The van der Waals surface area contributed by atoms with Crippen LogP contribution < -0.4 is 5.73 Å². The Balaban J connectivity index is 1.89. The molecule has 1 aliphatic carbocycles. The van der Waals surface area contributed by atoms with Gasteiger partial charge in [-0.2, -0.15) is 0 Å². The highest BCUT2D eigenvalue weighted by molar-refractivity contribution is 7.99. The summed E-state index contributed by atoms with van der Waals surface area (Å²) in [6.07, 6.45) is 2.73. The van der Waals surface area contributed by atoms with Gasteiger partial charge in [-0.1, -0.05) is 11.8 Å². The zero-order valence-electron chi connectivity index (χ0n) is 8.14. The molecular weight excluding hydrogens is 226 g/mol. The van der Waals surface area contributed by atoms with Crippen molar-refractivity contribution in [2.24, 2.45) is 5.92 Å². The van der Waals surface area contributed by atoms with E-state index in [9.17, 15) is 0 Å². The zero-order valence-corrected chi connectivity index (χ0v) is 9.77. The fourth-order valence-corrected chi connectivity index (χ4v) is 3.27. The molecule has 0 aromatic carbocycles. The van der Waals surface area contributed by atoms with Gasteiger partial charge in [0, 0.05) is 5.75 Å². The van der Waals surface area contributed by atoms with Crippen LogP contribution in [0.3, 0.4) is 0 Å². The van der Waals surface area contributed by atoms with E-state index >= 15 is 0 Å². The third-order valence-electron chi connectivity index (χ3n) is 2.48. The summed E-state index contributed by atoms with van der Waals surface area (Å²) < 4.78 is 0. The number of thiophene rings is 1. The summed E-state index contributed by atoms with van der Waals surface area (Å²) in [5.74, 6) is 2.63. The third kappa shape index (κ3) is 1.94. The smallest absolute Gasteiger partial charge is 0.190 e. The van der Waals surface area contributed by atoms with E-state index in [0.29, 0.717) is 5.82 Å². The Bertz CT molecular complexity index is 490. The van der Waals surface area contributed by atoms with Crippen LogP contribution in [0.4, 0.5) is 5.82 Å². The van der Waals surface area contributed by atoms with E-state index in [1.165, 1.54) is 12.8 Å². The lowest BCUT2D eigenvalue weighted by Crippen LogP contribution is -1.95. The number of anilines is 1. The molecule has 15 heavy (non-hydrogen) atoms. The number of fused-ring (bicyclic) bond motifs is 1. The molecule has 78 valence electrons. The standard InChI is InChI=1S/C10H11N3S2/c11-8-7-3-4-14-9(7)13-10(12-8)15-5-6-1-2-6/h3-4,6H,1-2,5H2,(H2,11,12,13). The van der Waals surface area contributed by atoms with Crippen molar-refractivity contribution in [2.75, 3.05) is 11.5 Å². The second-order valence-electron chi connectivity index (χ2n) is 3.79. The van der Waals surface area contributed by atoms with Gasteiger partial charge < -0.3 is 5.73 Å². The fraction of sp³-hybridized carbons (Fsp3) is 0.400. The predicted octanol–water partition coefficient (Wildman–Crippen LogP) is 2.78. The minimum absolute atomic E-state index is 0.611. The number of nitrogens with two attached hydrogens (primary N) is 1. The first kappa shape index (κ1) is 9.42. The van der Waals surface area contributed by atoms with Gasteiger partial charge in [0.1, 0.15) is 10.6 Å². The number of nitrogen functional groups attached to an aromatic ring is 1. The van der Waals surface area contributed by atoms with Crippen LogP contribution in [0.5, 0.6) is 0 Å². The van der Waals surface area contributed by atoms with Crippen LogP contribution in [-0.4, -0.2) is 15.7 Å². The molecule has 1 fully saturated rings. The van der Waals surface area contributed by atoms with Crippen molar-refractivity contribution in [3.8, 4) is 0 Å². The molecule has 3 rings (SSSR count). The number of rotatable bonds is 3. The average Bonchev–Trinajstić information content (AvgIpc) is 2.93. The Morgan fingerprint density at radius 2 is 2.33 bits per heavy atom. The van der Waals surface area contributed by atoms with Crippen LogP contribution in [0.15, 0.2) is 16.6 Å². The van der Waals surface area contributed by atoms with Crippen molar-refractivity contribution < 1.29 is 0 Å². The summed E-state index contributed by atoms with van der Waals surface area (Å²) in [6, 6.07) is 1.98. The van der Waals surface area contributed by atoms with Crippen LogP contribution in [-0.2, 0) is 0 Å². The number of aromatic nitrogens is 2. The SMILES string of the molecule is Nc1nc(SCC2CC2)nc2sccc12. The minimum atomic E-state index is 0.611. The van der Waals surface area contributed by atoms with Gasteiger partial charge in [0.05, 0.1) is 5.39 Å². The van der Waals surface area contributed by atoms with Crippen molar-refractivity contribution in [1.29, 1.82) is 0 Å². The molecule has 0 bridgehead atoms. The zero-order chi connectivity index (χ0) is 10.3. The molecule has 0 atom stereocenters. The van der Waals surface area contributed by atoms with Gasteiger partial charge in [0.25, 0.3) is 0 Å². The van der Waals surface area contributed by atoms with E-state index in [0.717, 1.165) is 27.0 Å². The predicted molar refractivity (Wildman–Crippen MR) is 65.3 cm³/mol. The van der Waals surface area contributed by atoms with Crippen LogP contribution in [0, 0.1) is 5.92 Å². The number of thioether (sulfide) groups is 1. The molecule has 2 aromatic heterocycles. The Labute approximate surface area is 96.1 Å². The minimum Gasteiger partial charge on any atom is -0.383 e.